The van der Waals surface area contributed by atoms with Crippen molar-refractivity contribution in [2.24, 2.45) is 5.92 Å². The zero-order valence-corrected chi connectivity index (χ0v) is 19.0. The SMILES string of the molecule is CCC(CC)[C@@H](C)NS(=O)(=O)c1cc(C)c(NC(=O)c2ccccc2C)cc1C. The van der Waals surface area contributed by atoms with Crippen molar-refractivity contribution in [3.8, 4) is 0 Å². The molecule has 0 saturated heterocycles. The number of benzene rings is 2. The van der Waals surface area contributed by atoms with Crippen LogP contribution in [0.5, 0.6) is 0 Å². The summed E-state index contributed by atoms with van der Waals surface area (Å²) in [5, 5.41) is 2.91. The number of aryl methyl sites for hydroxylation is 3. The van der Waals surface area contributed by atoms with E-state index in [1.807, 2.05) is 32.0 Å². The minimum Gasteiger partial charge on any atom is -0.322 e. The average Bonchev–Trinajstić information content (AvgIpc) is 2.65. The molecule has 1 amide bonds. The molecule has 158 valence electrons. The van der Waals surface area contributed by atoms with E-state index in [-0.39, 0.29) is 16.8 Å². The molecule has 0 fully saturated rings. The number of anilines is 1. The fourth-order valence-electron chi connectivity index (χ4n) is 3.63. The number of hydrogen-bond donors (Lipinski definition) is 2. The maximum Gasteiger partial charge on any atom is 0.255 e. The van der Waals surface area contributed by atoms with Crippen molar-refractivity contribution < 1.29 is 13.2 Å². The second kappa shape index (κ2) is 9.55. The highest BCUT2D eigenvalue weighted by Crippen LogP contribution is 2.26. The fourth-order valence-corrected chi connectivity index (χ4v) is 5.26. The number of amides is 1. The lowest BCUT2D eigenvalue weighted by molar-refractivity contribution is 0.102. The van der Waals surface area contributed by atoms with Crippen molar-refractivity contribution in [3.05, 3.63) is 58.7 Å². The van der Waals surface area contributed by atoms with Gasteiger partial charge in [-0.25, -0.2) is 13.1 Å². The third kappa shape index (κ3) is 5.46. The molecule has 5 nitrogen and oxygen atoms in total. The molecule has 0 aromatic heterocycles. The predicted octanol–water partition coefficient (Wildman–Crippen LogP) is 4.97. The van der Waals surface area contributed by atoms with Crippen molar-refractivity contribution in [1.82, 2.24) is 4.72 Å². The van der Waals surface area contributed by atoms with Crippen LogP contribution in [-0.2, 0) is 10.0 Å². The Morgan fingerprint density at radius 2 is 1.59 bits per heavy atom. The topological polar surface area (TPSA) is 75.3 Å². The first-order valence-corrected chi connectivity index (χ1v) is 11.6. The number of carbonyl (C=O) groups is 1. The van der Waals surface area contributed by atoms with E-state index in [0.717, 1.165) is 18.4 Å². The van der Waals surface area contributed by atoms with Crippen molar-refractivity contribution in [2.45, 2.75) is 65.3 Å². The van der Waals surface area contributed by atoms with Gasteiger partial charge < -0.3 is 5.32 Å². The summed E-state index contributed by atoms with van der Waals surface area (Å²) in [7, 11) is -3.64. The maximum absolute atomic E-state index is 13.0. The standard InChI is InChI=1S/C23H32N2O3S/c1-7-19(8-2)18(6)25-29(27,28)22-14-16(4)21(13-17(22)5)24-23(26)20-12-10-9-11-15(20)3/h9-14,18-19,25H,7-8H2,1-6H3,(H,24,26)/t18-/m1/s1. The maximum atomic E-state index is 13.0. The summed E-state index contributed by atoms with van der Waals surface area (Å²) in [6.45, 7) is 11.5. The number of hydrogen-bond acceptors (Lipinski definition) is 3. The first-order valence-electron chi connectivity index (χ1n) is 10.1. The van der Waals surface area contributed by atoms with Crippen LogP contribution in [-0.4, -0.2) is 20.4 Å². The Balaban J connectivity index is 2.29. The van der Waals surface area contributed by atoms with Gasteiger partial charge in [0.25, 0.3) is 5.91 Å². The molecular weight excluding hydrogens is 384 g/mol. The summed E-state index contributed by atoms with van der Waals surface area (Å²) in [4.78, 5) is 12.9. The Bertz CT molecular complexity index is 980. The molecule has 0 heterocycles. The molecule has 0 aliphatic rings. The molecule has 0 unspecified atom stereocenters. The Labute approximate surface area is 175 Å². The van der Waals surface area contributed by atoms with Crippen molar-refractivity contribution in [3.63, 3.8) is 0 Å². The van der Waals surface area contributed by atoms with Crippen LogP contribution in [0.2, 0.25) is 0 Å². The molecule has 29 heavy (non-hydrogen) atoms. The number of carbonyl (C=O) groups excluding carboxylic acids is 1. The van der Waals surface area contributed by atoms with Gasteiger partial charge in [0.05, 0.1) is 4.90 Å². The van der Waals surface area contributed by atoms with Gasteiger partial charge in [-0.05, 0) is 68.5 Å². The minimum absolute atomic E-state index is 0.143. The number of sulfonamides is 1. The van der Waals surface area contributed by atoms with Crippen LogP contribution in [0.15, 0.2) is 41.3 Å². The predicted molar refractivity (Wildman–Crippen MR) is 119 cm³/mol. The van der Waals surface area contributed by atoms with Crippen LogP contribution < -0.4 is 10.0 Å². The zero-order valence-electron chi connectivity index (χ0n) is 18.2. The molecule has 2 N–H and O–H groups in total. The highest BCUT2D eigenvalue weighted by atomic mass is 32.2. The lowest BCUT2D eigenvalue weighted by Gasteiger charge is -2.23. The van der Waals surface area contributed by atoms with Crippen LogP contribution in [0, 0.1) is 26.7 Å². The summed E-state index contributed by atoms with van der Waals surface area (Å²) in [6.07, 6.45) is 1.84. The first-order chi connectivity index (χ1) is 13.6. The monoisotopic (exact) mass is 416 g/mol. The minimum atomic E-state index is -3.64. The van der Waals surface area contributed by atoms with E-state index < -0.39 is 10.0 Å². The molecule has 0 aliphatic heterocycles. The molecule has 2 rings (SSSR count). The summed E-state index contributed by atoms with van der Waals surface area (Å²) in [5.74, 6) is 0.0838. The molecule has 2 aromatic carbocycles. The smallest absolute Gasteiger partial charge is 0.255 e. The van der Waals surface area contributed by atoms with Crippen LogP contribution in [0.1, 0.15) is 60.7 Å². The Hall–Kier alpha value is -2.18. The zero-order chi connectivity index (χ0) is 21.8. The summed E-state index contributed by atoms with van der Waals surface area (Å²) in [6, 6.07) is 10.6. The normalized spacial score (nSPS) is 12.8. The van der Waals surface area contributed by atoms with Crippen molar-refractivity contribution in [2.75, 3.05) is 5.32 Å². The number of rotatable bonds is 8. The van der Waals surface area contributed by atoms with E-state index in [2.05, 4.69) is 23.9 Å². The molecule has 0 saturated carbocycles. The lowest BCUT2D eigenvalue weighted by Crippen LogP contribution is -2.38. The van der Waals surface area contributed by atoms with Gasteiger partial charge in [0.15, 0.2) is 0 Å². The molecule has 0 aliphatic carbocycles. The highest BCUT2D eigenvalue weighted by molar-refractivity contribution is 7.89. The van der Waals surface area contributed by atoms with E-state index >= 15 is 0 Å². The second-order valence-electron chi connectivity index (χ2n) is 7.69. The molecule has 0 radical (unpaired) electrons. The van der Waals surface area contributed by atoms with Gasteiger partial charge in [-0.3, -0.25) is 4.79 Å². The second-order valence-corrected chi connectivity index (χ2v) is 9.37. The fraction of sp³-hybridized carbons (Fsp3) is 0.435. The van der Waals surface area contributed by atoms with Gasteiger partial charge in [-0.1, -0.05) is 44.9 Å². The molecule has 0 bridgehead atoms. The van der Waals surface area contributed by atoms with Gasteiger partial charge in [-0.15, -0.1) is 0 Å². The molecule has 6 heteroatoms. The van der Waals surface area contributed by atoms with Crippen LogP contribution in [0.3, 0.4) is 0 Å². The van der Waals surface area contributed by atoms with Crippen molar-refractivity contribution in [1.29, 1.82) is 0 Å². The quantitative estimate of drug-likeness (QED) is 0.638. The lowest BCUT2D eigenvalue weighted by atomic mass is 9.96. The van der Waals surface area contributed by atoms with Crippen LogP contribution >= 0.6 is 0 Å². The molecule has 2 aromatic rings. The highest BCUT2D eigenvalue weighted by Gasteiger charge is 2.24. The third-order valence-electron chi connectivity index (χ3n) is 5.55. The summed E-state index contributed by atoms with van der Waals surface area (Å²) >= 11 is 0. The Morgan fingerprint density at radius 3 is 2.17 bits per heavy atom. The summed E-state index contributed by atoms with van der Waals surface area (Å²) in [5.41, 5.74) is 3.40. The first kappa shape index (κ1) is 23.1. The van der Waals surface area contributed by atoms with E-state index in [1.165, 1.54) is 0 Å². The van der Waals surface area contributed by atoms with Gasteiger partial charge in [0.1, 0.15) is 0 Å². The van der Waals surface area contributed by atoms with E-state index in [1.54, 1.807) is 32.0 Å². The van der Waals surface area contributed by atoms with Crippen LogP contribution in [0.25, 0.3) is 0 Å². The largest absolute Gasteiger partial charge is 0.322 e. The van der Waals surface area contributed by atoms with Crippen LogP contribution in [0.4, 0.5) is 5.69 Å². The Morgan fingerprint density at radius 1 is 0.966 bits per heavy atom. The van der Waals surface area contributed by atoms with E-state index in [9.17, 15) is 13.2 Å². The Kier molecular flexibility index (Phi) is 7.60. The van der Waals surface area contributed by atoms with Crippen molar-refractivity contribution >= 4 is 21.6 Å². The molecule has 0 spiro atoms. The van der Waals surface area contributed by atoms with Gasteiger partial charge in [0, 0.05) is 17.3 Å². The molecule has 1 atom stereocenters. The average molecular weight is 417 g/mol. The van der Waals surface area contributed by atoms with E-state index in [4.69, 9.17) is 0 Å². The van der Waals surface area contributed by atoms with Gasteiger partial charge >= 0.3 is 0 Å². The van der Waals surface area contributed by atoms with E-state index in [0.29, 0.717) is 28.3 Å². The summed E-state index contributed by atoms with van der Waals surface area (Å²) < 4.78 is 28.7. The third-order valence-corrected chi connectivity index (χ3v) is 7.25. The van der Waals surface area contributed by atoms with Gasteiger partial charge in [-0.2, -0.15) is 0 Å². The van der Waals surface area contributed by atoms with Gasteiger partial charge in [0.2, 0.25) is 10.0 Å². The molecular formula is C23H32N2O3S. The number of nitrogens with one attached hydrogen (secondary N) is 2.